The van der Waals surface area contributed by atoms with Crippen molar-refractivity contribution in [1.82, 2.24) is 20.5 Å². The van der Waals surface area contributed by atoms with Gasteiger partial charge in [-0.3, -0.25) is 9.78 Å². The fourth-order valence-electron chi connectivity index (χ4n) is 2.68. The number of benzene rings is 2. The van der Waals surface area contributed by atoms with Gasteiger partial charge in [-0.15, -0.1) is 0 Å². The molecule has 2 aromatic carbocycles. The van der Waals surface area contributed by atoms with Crippen molar-refractivity contribution in [3.05, 3.63) is 76.2 Å². The molecule has 1 atom stereocenters. The molecule has 134 valence electrons. The molecule has 0 saturated heterocycles. The third-order valence-corrected chi connectivity index (χ3v) is 4.18. The van der Waals surface area contributed by atoms with Crippen molar-refractivity contribution in [3.63, 3.8) is 0 Å². The lowest BCUT2D eigenvalue weighted by atomic mass is 9.96. The lowest BCUT2D eigenvalue weighted by Crippen LogP contribution is -2.30. The SMILES string of the molecule is C[C@@H](C(=O)NCCc1n[nH]c(=O)[nH]1)c1ccc(-c2ccccc2)c(F)c1. The molecule has 0 unspecified atom stereocenters. The van der Waals surface area contributed by atoms with Crippen LogP contribution < -0.4 is 11.0 Å². The lowest BCUT2D eigenvalue weighted by Gasteiger charge is -2.13. The molecule has 1 amide bonds. The molecule has 6 nitrogen and oxygen atoms in total. The molecule has 7 heteroatoms. The van der Waals surface area contributed by atoms with Crippen LogP contribution in [-0.4, -0.2) is 27.6 Å². The molecule has 0 radical (unpaired) electrons. The van der Waals surface area contributed by atoms with Gasteiger partial charge in [0.2, 0.25) is 5.91 Å². The third-order valence-electron chi connectivity index (χ3n) is 4.18. The van der Waals surface area contributed by atoms with E-state index in [-0.39, 0.29) is 17.4 Å². The van der Waals surface area contributed by atoms with E-state index in [0.29, 0.717) is 29.9 Å². The lowest BCUT2D eigenvalue weighted by molar-refractivity contribution is -0.122. The summed E-state index contributed by atoms with van der Waals surface area (Å²) in [4.78, 5) is 25.7. The van der Waals surface area contributed by atoms with Crippen LogP contribution in [0.25, 0.3) is 11.1 Å². The van der Waals surface area contributed by atoms with Gasteiger partial charge in [0.1, 0.15) is 11.6 Å². The number of H-pyrrole nitrogens is 2. The highest BCUT2D eigenvalue weighted by molar-refractivity contribution is 5.83. The number of aromatic nitrogens is 3. The Hall–Kier alpha value is -3.22. The van der Waals surface area contributed by atoms with Crippen molar-refractivity contribution in [3.8, 4) is 11.1 Å². The summed E-state index contributed by atoms with van der Waals surface area (Å²) in [7, 11) is 0. The van der Waals surface area contributed by atoms with Crippen LogP contribution in [0.1, 0.15) is 24.2 Å². The maximum Gasteiger partial charge on any atom is 0.340 e. The van der Waals surface area contributed by atoms with Gasteiger partial charge in [-0.25, -0.2) is 14.3 Å². The molecule has 1 heterocycles. The first-order valence-electron chi connectivity index (χ1n) is 8.30. The first-order chi connectivity index (χ1) is 12.5. The number of nitrogens with one attached hydrogen (secondary N) is 3. The van der Waals surface area contributed by atoms with Gasteiger partial charge < -0.3 is 5.32 Å². The van der Waals surface area contributed by atoms with Crippen LogP contribution in [-0.2, 0) is 11.2 Å². The predicted octanol–water partition coefficient (Wildman–Crippen LogP) is 2.37. The third kappa shape index (κ3) is 4.05. The minimum Gasteiger partial charge on any atom is -0.355 e. The van der Waals surface area contributed by atoms with Gasteiger partial charge in [0.05, 0.1) is 5.92 Å². The van der Waals surface area contributed by atoms with Crippen LogP contribution >= 0.6 is 0 Å². The zero-order valence-electron chi connectivity index (χ0n) is 14.3. The standard InChI is InChI=1S/C19H19FN4O2/c1-12(18(25)21-10-9-17-22-19(26)24-23-17)14-7-8-15(16(20)11-14)13-5-3-2-4-6-13/h2-8,11-12H,9-10H2,1H3,(H,21,25)(H2,22,23,24,26)/t12-/m1/s1. The second-order valence-corrected chi connectivity index (χ2v) is 5.99. The molecule has 3 aromatic rings. The van der Waals surface area contributed by atoms with Crippen LogP contribution in [0.5, 0.6) is 0 Å². The Morgan fingerprint density at radius 2 is 2.00 bits per heavy atom. The molecule has 0 fully saturated rings. The van der Waals surface area contributed by atoms with E-state index in [0.717, 1.165) is 5.56 Å². The minimum atomic E-state index is -0.493. The number of rotatable bonds is 6. The largest absolute Gasteiger partial charge is 0.355 e. The molecule has 1 aromatic heterocycles. The predicted molar refractivity (Wildman–Crippen MR) is 96.2 cm³/mol. The Labute approximate surface area is 149 Å². The Balaban J connectivity index is 1.63. The van der Waals surface area contributed by atoms with Crippen molar-refractivity contribution in [1.29, 1.82) is 0 Å². The molecule has 3 rings (SSSR count). The number of aromatic amines is 2. The Kier molecular flexibility index (Phi) is 5.26. The van der Waals surface area contributed by atoms with Gasteiger partial charge in [0.25, 0.3) is 0 Å². The average molecular weight is 354 g/mol. The summed E-state index contributed by atoms with van der Waals surface area (Å²) in [6.07, 6.45) is 0.401. The molecular formula is C19H19FN4O2. The molecule has 26 heavy (non-hydrogen) atoms. The quantitative estimate of drug-likeness (QED) is 0.635. The number of hydrogen-bond acceptors (Lipinski definition) is 3. The zero-order chi connectivity index (χ0) is 18.5. The highest BCUT2D eigenvalue weighted by atomic mass is 19.1. The van der Waals surface area contributed by atoms with Crippen molar-refractivity contribution in [2.24, 2.45) is 0 Å². The van der Waals surface area contributed by atoms with E-state index in [1.807, 2.05) is 30.3 Å². The van der Waals surface area contributed by atoms with E-state index in [2.05, 4.69) is 20.5 Å². The normalized spacial score (nSPS) is 11.9. The first kappa shape index (κ1) is 17.6. The van der Waals surface area contributed by atoms with Gasteiger partial charge in [0, 0.05) is 18.5 Å². The highest BCUT2D eigenvalue weighted by Gasteiger charge is 2.17. The van der Waals surface area contributed by atoms with Crippen molar-refractivity contribution >= 4 is 5.91 Å². The van der Waals surface area contributed by atoms with Crippen LogP contribution in [0.3, 0.4) is 0 Å². The van der Waals surface area contributed by atoms with E-state index in [4.69, 9.17) is 0 Å². The second-order valence-electron chi connectivity index (χ2n) is 5.99. The molecule has 0 aliphatic heterocycles. The van der Waals surface area contributed by atoms with Gasteiger partial charge in [-0.2, -0.15) is 5.10 Å². The Morgan fingerprint density at radius 1 is 1.23 bits per heavy atom. The number of nitrogens with zero attached hydrogens (tertiary/aromatic N) is 1. The summed E-state index contributed by atoms with van der Waals surface area (Å²) in [5, 5.41) is 8.80. The van der Waals surface area contributed by atoms with Crippen LogP contribution in [0.2, 0.25) is 0 Å². The monoisotopic (exact) mass is 354 g/mol. The summed E-state index contributed by atoms with van der Waals surface area (Å²) in [6, 6.07) is 14.1. The van der Waals surface area contributed by atoms with E-state index >= 15 is 0 Å². The average Bonchev–Trinajstić information content (AvgIpc) is 3.06. The summed E-state index contributed by atoms with van der Waals surface area (Å²) >= 11 is 0. The summed E-state index contributed by atoms with van der Waals surface area (Å²) in [5.41, 5.74) is 1.52. The Bertz CT molecular complexity index is 949. The maximum absolute atomic E-state index is 14.5. The number of carbonyl (C=O) groups excluding carboxylic acids is 1. The van der Waals surface area contributed by atoms with E-state index in [1.54, 1.807) is 19.1 Å². The number of halogens is 1. The summed E-state index contributed by atoms with van der Waals surface area (Å²) in [6.45, 7) is 2.05. The van der Waals surface area contributed by atoms with Crippen molar-refractivity contribution < 1.29 is 9.18 Å². The summed E-state index contributed by atoms with van der Waals surface area (Å²) < 4.78 is 14.5. The van der Waals surface area contributed by atoms with Gasteiger partial charge in [-0.1, -0.05) is 42.5 Å². The molecule has 0 saturated carbocycles. The van der Waals surface area contributed by atoms with Gasteiger partial charge >= 0.3 is 5.69 Å². The number of hydrogen-bond donors (Lipinski definition) is 3. The van der Waals surface area contributed by atoms with E-state index in [1.165, 1.54) is 6.07 Å². The van der Waals surface area contributed by atoms with Crippen LogP contribution in [0, 0.1) is 5.82 Å². The first-order valence-corrected chi connectivity index (χ1v) is 8.30. The molecule has 0 bridgehead atoms. The fourth-order valence-corrected chi connectivity index (χ4v) is 2.68. The minimum absolute atomic E-state index is 0.213. The fraction of sp³-hybridized carbons (Fsp3) is 0.211. The van der Waals surface area contributed by atoms with Crippen LogP contribution in [0.4, 0.5) is 4.39 Å². The second kappa shape index (κ2) is 7.77. The zero-order valence-corrected chi connectivity index (χ0v) is 14.3. The van der Waals surface area contributed by atoms with E-state index < -0.39 is 5.92 Å². The summed E-state index contributed by atoms with van der Waals surface area (Å²) in [5.74, 6) is -0.592. The smallest absolute Gasteiger partial charge is 0.340 e. The van der Waals surface area contributed by atoms with Gasteiger partial charge in [0.15, 0.2) is 0 Å². The number of amides is 1. The highest BCUT2D eigenvalue weighted by Crippen LogP contribution is 2.26. The number of carbonyl (C=O) groups is 1. The van der Waals surface area contributed by atoms with Gasteiger partial charge in [-0.05, 0) is 24.1 Å². The maximum atomic E-state index is 14.5. The molecule has 0 spiro atoms. The molecular weight excluding hydrogens is 335 g/mol. The molecule has 3 N–H and O–H groups in total. The van der Waals surface area contributed by atoms with Crippen molar-refractivity contribution in [2.45, 2.75) is 19.3 Å². The Morgan fingerprint density at radius 3 is 2.65 bits per heavy atom. The van der Waals surface area contributed by atoms with Crippen molar-refractivity contribution in [2.75, 3.05) is 6.54 Å². The van der Waals surface area contributed by atoms with E-state index in [9.17, 15) is 14.0 Å². The van der Waals surface area contributed by atoms with Crippen LogP contribution in [0.15, 0.2) is 53.3 Å². The molecule has 0 aliphatic carbocycles. The molecule has 0 aliphatic rings. The topological polar surface area (TPSA) is 90.6 Å².